The van der Waals surface area contributed by atoms with Crippen molar-refractivity contribution in [1.29, 1.82) is 5.26 Å². The number of imidazole rings is 1. The van der Waals surface area contributed by atoms with E-state index in [9.17, 15) is 0 Å². The summed E-state index contributed by atoms with van der Waals surface area (Å²) in [5, 5.41) is 12.4. The van der Waals surface area contributed by atoms with Crippen LogP contribution in [0.3, 0.4) is 0 Å². The molecule has 0 aliphatic rings. The third-order valence-corrected chi connectivity index (χ3v) is 3.49. The Labute approximate surface area is 121 Å². The molecule has 0 fully saturated rings. The molecule has 4 nitrogen and oxygen atoms in total. The van der Waals surface area contributed by atoms with Crippen LogP contribution in [0.15, 0.2) is 35.1 Å². The Morgan fingerprint density at radius 2 is 2.26 bits per heavy atom. The van der Waals surface area contributed by atoms with Crippen molar-refractivity contribution in [2.24, 2.45) is 0 Å². The normalized spacial score (nSPS) is 10.7. The maximum Gasteiger partial charge on any atom is 0.217 e. The maximum absolute atomic E-state index is 8.98. The third-order valence-electron chi connectivity index (χ3n) is 2.76. The Morgan fingerprint density at radius 3 is 2.89 bits per heavy atom. The van der Waals surface area contributed by atoms with Gasteiger partial charge in [-0.25, -0.2) is 4.98 Å². The van der Waals surface area contributed by atoms with Gasteiger partial charge < -0.3 is 5.32 Å². The van der Waals surface area contributed by atoms with Gasteiger partial charge in [0.25, 0.3) is 0 Å². The molecule has 5 heteroatoms. The fourth-order valence-electron chi connectivity index (χ4n) is 1.74. The molecule has 2 rings (SSSR count). The molecular weight excluding hydrogens is 304 g/mol. The van der Waals surface area contributed by atoms with Gasteiger partial charge >= 0.3 is 0 Å². The van der Waals surface area contributed by atoms with Crippen molar-refractivity contribution >= 4 is 15.9 Å². The number of nitriles is 1. The van der Waals surface area contributed by atoms with E-state index in [1.54, 1.807) is 17.0 Å². The summed E-state index contributed by atoms with van der Waals surface area (Å²) < 4.78 is 2.79. The number of aromatic nitrogens is 2. The molecule has 0 saturated heterocycles. The Kier molecular flexibility index (Phi) is 4.35. The highest BCUT2D eigenvalue weighted by Gasteiger charge is 2.07. The van der Waals surface area contributed by atoms with Gasteiger partial charge in [0.15, 0.2) is 0 Å². The number of halogens is 1. The summed E-state index contributed by atoms with van der Waals surface area (Å²) in [7, 11) is 0. The van der Waals surface area contributed by atoms with Crippen molar-refractivity contribution in [2.45, 2.75) is 26.4 Å². The lowest BCUT2D eigenvalue weighted by Gasteiger charge is -2.11. The lowest BCUT2D eigenvalue weighted by Crippen LogP contribution is -2.22. The topological polar surface area (TPSA) is 53.6 Å². The first-order valence-electron chi connectivity index (χ1n) is 6.07. The first kappa shape index (κ1) is 13.8. The SMILES string of the molecule is CC(C)NCc1ccc(-n2ccnc2C#N)cc1Br. The van der Waals surface area contributed by atoms with Crippen molar-refractivity contribution < 1.29 is 0 Å². The molecule has 0 radical (unpaired) electrons. The van der Waals surface area contributed by atoms with Crippen LogP contribution in [-0.2, 0) is 6.54 Å². The largest absolute Gasteiger partial charge is 0.310 e. The van der Waals surface area contributed by atoms with Gasteiger partial charge in [0, 0.05) is 35.1 Å². The Bertz CT molecular complexity index is 610. The predicted octanol–water partition coefficient (Wildman–Crippen LogP) is 3.00. The Balaban J connectivity index is 2.27. The molecule has 0 spiro atoms. The zero-order valence-corrected chi connectivity index (χ0v) is 12.5. The van der Waals surface area contributed by atoms with Gasteiger partial charge in [0.05, 0.1) is 0 Å². The molecule has 0 bridgehead atoms. The zero-order chi connectivity index (χ0) is 13.8. The molecule has 0 aliphatic carbocycles. The van der Waals surface area contributed by atoms with Crippen molar-refractivity contribution in [3.05, 3.63) is 46.5 Å². The highest BCUT2D eigenvalue weighted by atomic mass is 79.9. The molecule has 1 aromatic carbocycles. The van der Waals surface area contributed by atoms with E-state index in [0.717, 1.165) is 16.7 Å². The van der Waals surface area contributed by atoms with E-state index >= 15 is 0 Å². The van der Waals surface area contributed by atoms with Crippen LogP contribution in [0.25, 0.3) is 5.69 Å². The van der Waals surface area contributed by atoms with E-state index in [1.165, 1.54) is 5.56 Å². The van der Waals surface area contributed by atoms with E-state index < -0.39 is 0 Å². The second kappa shape index (κ2) is 6.00. The van der Waals surface area contributed by atoms with Gasteiger partial charge in [-0.15, -0.1) is 0 Å². The number of nitrogens with zero attached hydrogens (tertiary/aromatic N) is 3. The number of benzene rings is 1. The third kappa shape index (κ3) is 3.22. The van der Waals surface area contributed by atoms with Crippen molar-refractivity contribution in [2.75, 3.05) is 0 Å². The molecule has 1 aromatic heterocycles. The van der Waals surface area contributed by atoms with Crippen LogP contribution in [-0.4, -0.2) is 15.6 Å². The second-order valence-electron chi connectivity index (χ2n) is 4.54. The molecule has 0 atom stereocenters. The van der Waals surface area contributed by atoms with Crippen LogP contribution in [0.1, 0.15) is 25.2 Å². The summed E-state index contributed by atoms with van der Waals surface area (Å²) in [5.41, 5.74) is 2.12. The fourth-order valence-corrected chi connectivity index (χ4v) is 2.24. The first-order chi connectivity index (χ1) is 9.11. The summed E-state index contributed by atoms with van der Waals surface area (Å²) in [4.78, 5) is 4.00. The van der Waals surface area contributed by atoms with Gasteiger partial charge in [0.1, 0.15) is 6.07 Å². The second-order valence-corrected chi connectivity index (χ2v) is 5.40. The van der Waals surface area contributed by atoms with E-state index in [4.69, 9.17) is 5.26 Å². The summed E-state index contributed by atoms with van der Waals surface area (Å²) in [6, 6.07) is 8.56. The van der Waals surface area contributed by atoms with Crippen molar-refractivity contribution in [3.63, 3.8) is 0 Å². The average Bonchev–Trinajstić information content (AvgIpc) is 2.85. The number of rotatable bonds is 4. The van der Waals surface area contributed by atoms with Crippen LogP contribution >= 0.6 is 15.9 Å². The quantitative estimate of drug-likeness (QED) is 0.942. The molecule has 0 saturated carbocycles. The van der Waals surface area contributed by atoms with E-state index in [-0.39, 0.29) is 0 Å². The average molecular weight is 319 g/mol. The van der Waals surface area contributed by atoms with E-state index in [0.29, 0.717) is 11.9 Å². The monoisotopic (exact) mass is 318 g/mol. The highest BCUT2D eigenvalue weighted by Crippen LogP contribution is 2.21. The van der Waals surface area contributed by atoms with Crippen LogP contribution in [0.5, 0.6) is 0 Å². The molecule has 19 heavy (non-hydrogen) atoms. The molecule has 0 aliphatic heterocycles. The van der Waals surface area contributed by atoms with Gasteiger partial charge in [-0.2, -0.15) is 5.26 Å². The van der Waals surface area contributed by atoms with Crippen molar-refractivity contribution in [1.82, 2.24) is 14.9 Å². The van der Waals surface area contributed by atoms with Gasteiger partial charge in [-0.05, 0) is 17.7 Å². The Hall–Kier alpha value is -1.64. The molecule has 1 N–H and O–H groups in total. The summed E-state index contributed by atoms with van der Waals surface area (Å²) in [6.07, 6.45) is 3.41. The molecule has 0 unspecified atom stereocenters. The summed E-state index contributed by atoms with van der Waals surface area (Å²) in [5.74, 6) is 0.389. The van der Waals surface area contributed by atoms with Crippen LogP contribution in [0.2, 0.25) is 0 Å². The number of hydrogen-bond acceptors (Lipinski definition) is 3. The minimum atomic E-state index is 0.389. The minimum Gasteiger partial charge on any atom is -0.310 e. The smallest absolute Gasteiger partial charge is 0.217 e. The van der Waals surface area contributed by atoms with Crippen LogP contribution in [0.4, 0.5) is 0 Å². The summed E-state index contributed by atoms with van der Waals surface area (Å²) >= 11 is 3.57. The van der Waals surface area contributed by atoms with E-state index in [1.807, 2.05) is 12.1 Å². The molecule has 1 heterocycles. The zero-order valence-electron chi connectivity index (χ0n) is 10.9. The Morgan fingerprint density at radius 1 is 1.47 bits per heavy atom. The standard InChI is InChI=1S/C14H15BrN4/c1-10(2)18-9-11-3-4-12(7-13(11)15)19-6-5-17-14(19)8-16/h3-7,10,18H,9H2,1-2H3. The fraction of sp³-hybridized carbons (Fsp3) is 0.286. The first-order valence-corrected chi connectivity index (χ1v) is 6.86. The van der Waals surface area contributed by atoms with Gasteiger partial charge in [-0.1, -0.05) is 35.8 Å². The lowest BCUT2D eigenvalue weighted by molar-refractivity contribution is 0.588. The van der Waals surface area contributed by atoms with Crippen molar-refractivity contribution in [3.8, 4) is 11.8 Å². The van der Waals surface area contributed by atoms with Crippen LogP contribution < -0.4 is 5.32 Å². The highest BCUT2D eigenvalue weighted by molar-refractivity contribution is 9.10. The predicted molar refractivity (Wildman–Crippen MR) is 78.0 cm³/mol. The molecule has 2 aromatic rings. The minimum absolute atomic E-state index is 0.389. The number of hydrogen-bond donors (Lipinski definition) is 1. The molecule has 98 valence electrons. The van der Waals surface area contributed by atoms with Gasteiger partial charge in [0.2, 0.25) is 5.82 Å². The lowest BCUT2D eigenvalue weighted by atomic mass is 10.2. The van der Waals surface area contributed by atoms with E-state index in [2.05, 4.69) is 52.2 Å². The van der Waals surface area contributed by atoms with Gasteiger partial charge in [-0.3, -0.25) is 4.57 Å². The molecular formula is C14H15BrN4. The van der Waals surface area contributed by atoms with Crippen LogP contribution in [0, 0.1) is 11.3 Å². The summed E-state index contributed by atoms with van der Waals surface area (Å²) in [6.45, 7) is 5.05. The number of nitrogens with one attached hydrogen (secondary N) is 1. The maximum atomic E-state index is 8.98. The molecule has 0 amide bonds.